The Morgan fingerprint density at radius 1 is 0.966 bits per heavy atom. The molecule has 0 spiro atoms. The largest absolute Gasteiger partial charge is 0.493 e. The minimum Gasteiger partial charge on any atom is -0.493 e. The van der Waals surface area contributed by atoms with Gasteiger partial charge in [0.1, 0.15) is 5.82 Å². The van der Waals surface area contributed by atoms with E-state index in [-0.39, 0.29) is 11.7 Å². The maximum absolute atomic E-state index is 12.9. The third-order valence-electron chi connectivity index (χ3n) is 4.29. The fraction of sp³-hybridized carbons (Fsp3) is 0.182. The van der Waals surface area contributed by atoms with Gasteiger partial charge in [0.05, 0.1) is 31.7 Å². The van der Waals surface area contributed by atoms with Crippen LogP contribution in [0, 0.1) is 5.82 Å². The Balaban J connectivity index is 1.61. The number of ether oxygens (including phenoxy) is 2. The second-order valence-electron chi connectivity index (χ2n) is 6.29. The van der Waals surface area contributed by atoms with Gasteiger partial charge < -0.3 is 20.1 Å². The van der Waals surface area contributed by atoms with Gasteiger partial charge in [-0.05, 0) is 42.3 Å². The number of hydrogen-bond acceptors (Lipinski definition) is 5. The lowest BCUT2D eigenvalue weighted by Crippen LogP contribution is -2.25. The second-order valence-corrected chi connectivity index (χ2v) is 6.29. The van der Waals surface area contributed by atoms with E-state index in [0.717, 1.165) is 11.3 Å². The standard InChI is InChI=1S/C22H22FN3O3/c1-28-20-8-7-18(12-21(20)29-2)26-19-11-16(13-24-14-19)22(27)25-10-9-15-3-5-17(23)6-4-15/h3-8,11-14,26H,9-10H2,1-2H3,(H,25,27). The van der Waals surface area contributed by atoms with Crippen molar-refractivity contribution >= 4 is 17.3 Å². The molecule has 0 aliphatic rings. The first-order valence-electron chi connectivity index (χ1n) is 9.06. The number of nitrogens with zero attached hydrogens (tertiary/aromatic N) is 1. The van der Waals surface area contributed by atoms with E-state index < -0.39 is 0 Å². The van der Waals surface area contributed by atoms with Gasteiger partial charge in [-0.1, -0.05) is 12.1 Å². The minimum atomic E-state index is -0.275. The molecule has 1 amide bonds. The van der Waals surface area contributed by atoms with Crippen LogP contribution in [0.25, 0.3) is 0 Å². The second kappa shape index (κ2) is 9.54. The highest BCUT2D eigenvalue weighted by atomic mass is 19.1. The quantitative estimate of drug-likeness (QED) is 0.604. The van der Waals surface area contributed by atoms with Crippen LogP contribution in [0.3, 0.4) is 0 Å². The van der Waals surface area contributed by atoms with E-state index in [1.807, 2.05) is 6.07 Å². The lowest BCUT2D eigenvalue weighted by Gasteiger charge is -2.12. The van der Waals surface area contributed by atoms with Crippen LogP contribution in [-0.4, -0.2) is 31.7 Å². The molecular formula is C22H22FN3O3. The number of rotatable bonds is 8. The van der Waals surface area contributed by atoms with Crippen molar-refractivity contribution < 1.29 is 18.7 Å². The number of amides is 1. The van der Waals surface area contributed by atoms with Gasteiger partial charge in [-0.2, -0.15) is 0 Å². The third-order valence-corrected chi connectivity index (χ3v) is 4.29. The summed E-state index contributed by atoms with van der Waals surface area (Å²) in [5.74, 6) is 0.726. The predicted molar refractivity (Wildman–Crippen MR) is 110 cm³/mol. The van der Waals surface area contributed by atoms with Crippen molar-refractivity contribution in [1.29, 1.82) is 0 Å². The highest BCUT2D eigenvalue weighted by Crippen LogP contribution is 2.31. The van der Waals surface area contributed by atoms with Gasteiger partial charge >= 0.3 is 0 Å². The Morgan fingerprint density at radius 2 is 1.72 bits per heavy atom. The number of methoxy groups -OCH3 is 2. The van der Waals surface area contributed by atoms with E-state index in [2.05, 4.69) is 15.6 Å². The Labute approximate surface area is 168 Å². The molecule has 0 aliphatic carbocycles. The Bertz CT molecular complexity index is 977. The van der Waals surface area contributed by atoms with Crippen LogP contribution in [0.15, 0.2) is 60.9 Å². The number of aromatic nitrogens is 1. The van der Waals surface area contributed by atoms with E-state index >= 15 is 0 Å². The van der Waals surface area contributed by atoms with Gasteiger partial charge in [-0.25, -0.2) is 4.39 Å². The van der Waals surface area contributed by atoms with E-state index in [1.165, 1.54) is 18.3 Å². The van der Waals surface area contributed by atoms with E-state index in [1.54, 1.807) is 50.7 Å². The molecule has 1 heterocycles. The molecule has 1 aromatic heterocycles. The van der Waals surface area contributed by atoms with Crippen molar-refractivity contribution in [3.05, 3.63) is 77.9 Å². The molecule has 0 saturated heterocycles. The van der Waals surface area contributed by atoms with Crippen molar-refractivity contribution in [1.82, 2.24) is 10.3 Å². The number of halogens is 1. The van der Waals surface area contributed by atoms with Crippen LogP contribution in [0.2, 0.25) is 0 Å². The molecule has 2 aromatic carbocycles. The highest BCUT2D eigenvalue weighted by molar-refractivity contribution is 5.94. The molecule has 7 heteroatoms. The summed E-state index contributed by atoms with van der Waals surface area (Å²) in [5.41, 5.74) is 2.84. The van der Waals surface area contributed by atoms with Gasteiger partial charge in [-0.3, -0.25) is 9.78 Å². The van der Waals surface area contributed by atoms with Gasteiger partial charge in [0.25, 0.3) is 5.91 Å². The maximum atomic E-state index is 12.9. The molecule has 3 rings (SSSR count). The first kappa shape index (κ1) is 20.1. The summed E-state index contributed by atoms with van der Waals surface area (Å²) in [6, 6.07) is 13.4. The summed E-state index contributed by atoms with van der Waals surface area (Å²) in [7, 11) is 3.15. The summed E-state index contributed by atoms with van der Waals surface area (Å²) in [5, 5.41) is 6.05. The first-order valence-corrected chi connectivity index (χ1v) is 9.06. The zero-order valence-electron chi connectivity index (χ0n) is 16.2. The molecule has 0 atom stereocenters. The van der Waals surface area contributed by atoms with Gasteiger partial charge in [0.2, 0.25) is 0 Å². The topological polar surface area (TPSA) is 72.5 Å². The van der Waals surface area contributed by atoms with Crippen LogP contribution < -0.4 is 20.1 Å². The number of carbonyl (C=O) groups excluding carboxylic acids is 1. The molecular weight excluding hydrogens is 373 g/mol. The monoisotopic (exact) mass is 395 g/mol. The zero-order chi connectivity index (χ0) is 20.6. The van der Waals surface area contributed by atoms with E-state index in [0.29, 0.717) is 35.7 Å². The number of anilines is 2. The lowest BCUT2D eigenvalue weighted by atomic mass is 10.1. The van der Waals surface area contributed by atoms with Crippen LogP contribution >= 0.6 is 0 Å². The van der Waals surface area contributed by atoms with Crippen LogP contribution in [0.4, 0.5) is 15.8 Å². The van der Waals surface area contributed by atoms with Crippen molar-refractivity contribution in [3.63, 3.8) is 0 Å². The number of pyridine rings is 1. The highest BCUT2D eigenvalue weighted by Gasteiger charge is 2.09. The normalized spacial score (nSPS) is 10.3. The number of hydrogen-bond donors (Lipinski definition) is 2. The molecule has 0 unspecified atom stereocenters. The molecule has 3 aromatic rings. The number of nitrogens with one attached hydrogen (secondary N) is 2. The molecule has 6 nitrogen and oxygen atoms in total. The van der Waals surface area contributed by atoms with Gasteiger partial charge in [0, 0.05) is 24.5 Å². The molecule has 0 fully saturated rings. The molecule has 29 heavy (non-hydrogen) atoms. The van der Waals surface area contributed by atoms with Gasteiger partial charge in [0.15, 0.2) is 11.5 Å². The summed E-state index contributed by atoms with van der Waals surface area (Å²) >= 11 is 0. The Hall–Kier alpha value is -3.61. The van der Waals surface area contributed by atoms with Crippen molar-refractivity contribution in [2.24, 2.45) is 0 Å². The van der Waals surface area contributed by atoms with Crippen LogP contribution in [0.5, 0.6) is 11.5 Å². The summed E-state index contributed by atoms with van der Waals surface area (Å²) in [6.45, 7) is 0.442. The summed E-state index contributed by atoms with van der Waals surface area (Å²) in [6.07, 6.45) is 3.75. The SMILES string of the molecule is COc1ccc(Nc2cncc(C(=O)NCCc3ccc(F)cc3)c2)cc1OC. The van der Waals surface area contributed by atoms with Crippen LogP contribution in [-0.2, 0) is 6.42 Å². The van der Waals surface area contributed by atoms with Crippen molar-refractivity contribution in [2.45, 2.75) is 6.42 Å². The fourth-order valence-electron chi connectivity index (χ4n) is 2.79. The first-order chi connectivity index (χ1) is 14.1. The van der Waals surface area contributed by atoms with Crippen LogP contribution in [0.1, 0.15) is 15.9 Å². The Kier molecular flexibility index (Phi) is 6.63. The van der Waals surface area contributed by atoms with Crippen molar-refractivity contribution in [2.75, 3.05) is 26.1 Å². The number of benzene rings is 2. The number of carbonyl (C=O) groups is 1. The Morgan fingerprint density at radius 3 is 2.45 bits per heavy atom. The van der Waals surface area contributed by atoms with Gasteiger partial charge in [-0.15, -0.1) is 0 Å². The molecule has 0 bridgehead atoms. The lowest BCUT2D eigenvalue weighted by molar-refractivity contribution is 0.0954. The average Bonchev–Trinajstić information content (AvgIpc) is 2.75. The van der Waals surface area contributed by atoms with Crippen molar-refractivity contribution in [3.8, 4) is 11.5 Å². The zero-order valence-corrected chi connectivity index (χ0v) is 16.2. The summed E-state index contributed by atoms with van der Waals surface area (Å²) < 4.78 is 23.5. The maximum Gasteiger partial charge on any atom is 0.252 e. The smallest absolute Gasteiger partial charge is 0.252 e. The average molecular weight is 395 g/mol. The molecule has 0 saturated carbocycles. The summed E-state index contributed by atoms with van der Waals surface area (Å²) in [4.78, 5) is 16.5. The molecule has 2 N–H and O–H groups in total. The molecule has 0 radical (unpaired) electrons. The fourth-order valence-corrected chi connectivity index (χ4v) is 2.79. The van der Waals surface area contributed by atoms with E-state index in [9.17, 15) is 9.18 Å². The van der Waals surface area contributed by atoms with E-state index in [4.69, 9.17) is 9.47 Å². The minimum absolute atomic E-state index is 0.226. The molecule has 150 valence electrons. The molecule has 0 aliphatic heterocycles. The predicted octanol–water partition coefficient (Wildman–Crippen LogP) is 3.95. The third kappa shape index (κ3) is 5.44.